The van der Waals surface area contributed by atoms with Crippen LogP contribution in [0.2, 0.25) is 0 Å². The van der Waals surface area contributed by atoms with Gasteiger partial charge in [0.1, 0.15) is 0 Å². The van der Waals surface area contributed by atoms with Gasteiger partial charge in [0, 0.05) is 32.7 Å². The largest absolute Gasteiger partial charge is 0.450 e. The van der Waals surface area contributed by atoms with Crippen molar-refractivity contribution in [3.63, 3.8) is 0 Å². The van der Waals surface area contributed by atoms with E-state index in [-0.39, 0.29) is 19.5 Å². The van der Waals surface area contributed by atoms with E-state index in [2.05, 4.69) is 0 Å². The number of piperazine rings is 1. The van der Waals surface area contributed by atoms with Gasteiger partial charge in [-0.3, -0.25) is 40.0 Å². The smallest absolute Gasteiger partial charge is 0.325 e. The fraction of sp³-hybridized carbons (Fsp3) is 0.562. The average molecular weight is 427 g/mol. The molecule has 2 rings (SSSR count). The zero-order valence-corrected chi connectivity index (χ0v) is 16.3. The van der Waals surface area contributed by atoms with E-state index in [4.69, 9.17) is 4.74 Å². The first-order valence-electron chi connectivity index (χ1n) is 9.08. The number of rotatable bonds is 9. The molecule has 30 heavy (non-hydrogen) atoms. The van der Waals surface area contributed by atoms with Crippen LogP contribution in [0.5, 0.6) is 5.75 Å². The van der Waals surface area contributed by atoms with Gasteiger partial charge in [-0.15, -0.1) is 0 Å². The Hall–Kier alpha value is -3.39. The number of nitro groups is 3. The highest BCUT2D eigenvalue weighted by Gasteiger charge is 2.52. The molecular weight excluding hydrogens is 406 g/mol. The Morgan fingerprint density at radius 1 is 1.03 bits per heavy atom. The monoisotopic (exact) mass is 427 g/mol. The summed E-state index contributed by atoms with van der Waals surface area (Å²) in [5.41, 5.74) is -4.85. The van der Waals surface area contributed by atoms with Crippen molar-refractivity contribution >= 4 is 23.0 Å². The number of aliphatic hydroxyl groups is 1. The first-order chi connectivity index (χ1) is 14.1. The minimum absolute atomic E-state index is 0.248. The number of amides is 1. The maximum atomic E-state index is 13.2. The van der Waals surface area contributed by atoms with E-state index >= 15 is 0 Å². The Kier molecular flexibility index (Phi) is 6.84. The zero-order chi connectivity index (χ0) is 22.6. The number of likely N-dealkylation sites (N-methyl/N-ethyl adjacent to an activating group) is 2. The molecule has 0 radical (unpaired) electrons. The summed E-state index contributed by atoms with van der Waals surface area (Å²) in [5.74, 6) is -1.50. The predicted molar refractivity (Wildman–Crippen MR) is 101 cm³/mol. The number of nitrogens with zero attached hydrogens (tertiary/aromatic N) is 5. The summed E-state index contributed by atoms with van der Waals surface area (Å²) in [6.07, 6.45) is -0.318. The number of benzene rings is 1. The summed E-state index contributed by atoms with van der Waals surface area (Å²) in [7, 11) is 0. The van der Waals surface area contributed by atoms with Crippen molar-refractivity contribution in [2.75, 3.05) is 32.8 Å². The summed E-state index contributed by atoms with van der Waals surface area (Å²) in [5, 5.41) is 43.8. The average Bonchev–Trinajstić information content (AvgIpc) is 2.69. The third kappa shape index (κ3) is 3.99. The number of hydrogen-bond donors (Lipinski definition) is 1. The number of non-ortho nitro benzene ring substituents is 1. The topological polar surface area (TPSA) is 182 Å². The number of aliphatic hydroxyl groups excluding tert-OH is 1. The minimum atomic E-state index is -1.94. The summed E-state index contributed by atoms with van der Waals surface area (Å²) < 4.78 is 5.72. The number of ether oxygens (including phenoxy) is 1. The molecule has 1 aliphatic heterocycles. The lowest BCUT2D eigenvalue weighted by molar-refractivity contribution is -0.405. The Balaban J connectivity index is 2.76. The van der Waals surface area contributed by atoms with Gasteiger partial charge in [0.15, 0.2) is 0 Å². The molecule has 0 aromatic heterocycles. The van der Waals surface area contributed by atoms with E-state index in [9.17, 15) is 40.2 Å². The molecule has 0 saturated carbocycles. The second-order valence-electron chi connectivity index (χ2n) is 6.41. The van der Waals surface area contributed by atoms with Gasteiger partial charge in [0.25, 0.3) is 17.3 Å². The molecule has 1 atom stereocenters. The highest BCUT2D eigenvalue weighted by atomic mass is 16.6. The van der Waals surface area contributed by atoms with Crippen LogP contribution in [0.4, 0.5) is 17.1 Å². The lowest BCUT2D eigenvalue weighted by atomic mass is 10.0. The molecule has 1 aromatic rings. The van der Waals surface area contributed by atoms with E-state index in [1.54, 1.807) is 13.8 Å². The standard InChI is InChI=1S/C16H21N5O9/c1-3-17-6-7-18(4-2)16(5-8-22,15(17)23)30-14-12(20(26)27)9-11(19(24)25)10-13(14)21(28)29/h9-10,22H,3-8H2,1-2H3. The first kappa shape index (κ1) is 22.9. The normalized spacial score (nSPS) is 19.6. The fourth-order valence-corrected chi connectivity index (χ4v) is 3.43. The van der Waals surface area contributed by atoms with Gasteiger partial charge >= 0.3 is 11.4 Å². The zero-order valence-electron chi connectivity index (χ0n) is 16.3. The maximum absolute atomic E-state index is 13.2. The van der Waals surface area contributed by atoms with Crippen molar-refractivity contribution < 1.29 is 29.4 Å². The van der Waals surface area contributed by atoms with Gasteiger partial charge in [-0.25, -0.2) is 0 Å². The van der Waals surface area contributed by atoms with E-state index < -0.39 is 55.8 Å². The van der Waals surface area contributed by atoms with Crippen LogP contribution in [-0.4, -0.2) is 74.1 Å². The van der Waals surface area contributed by atoms with Crippen LogP contribution in [0.15, 0.2) is 12.1 Å². The molecule has 14 heteroatoms. The lowest BCUT2D eigenvalue weighted by Gasteiger charge is -2.48. The molecule has 164 valence electrons. The van der Waals surface area contributed by atoms with Crippen LogP contribution >= 0.6 is 0 Å². The Morgan fingerprint density at radius 3 is 2.00 bits per heavy atom. The summed E-state index contributed by atoms with van der Waals surface area (Å²) in [6, 6.07) is 1.08. The molecule has 0 spiro atoms. The highest BCUT2D eigenvalue weighted by Crippen LogP contribution is 2.44. The van der Waals surface area contributed by atoms with Gasteiger partial charge in [0.05, 0.1) is 26.9 Å². The molecule has 0 bridgehead atoms. The third-order valence-electron chi connectivity index (χ3n) is 4.90. The van der Waals surface area contributed by atoms with Crippen LogP contribution in [0, 0.1) is 30.3 Å². The van der Waals surface area contributed by atoms with Crippen LogP contribution in [0.1, 0.15) is 20.3 Å². The first-order valence-corrected chi connectivity index (χ1v) is 9.08. The molecule has 1 saturated heterocycles. The van der Waals surface area contributed by atoms with E-state index in [0.717, 1.165) is 0 Å². The quantitative estimate of drug-likeness (QED) is 0.441. The summed E-state index contributed by atoms with van der Waals surface area (Å²) in [4.78, 5) is 47.2. The molecule has 1 aliphatic rings. The van der Waals surface area contributed by atoms with E-state index in [1.165, 1.54) is 9.80 Å². The van der Waals surface area contributed by atoms with Crippen LogP contribution in [0.25, 0.3) is 0 Å². The second kappa shape index (κ2) is 8.96. The molecule has 1 fully saturated rings. The molecule has 1 unspecified atom stereocenters. The predicted octanol–water partition coefficient (Wildman–Crippen LogP) is 1.05. The van der Waals surface area contributed by atoms with Crippen LogP contribution < -0.4 is 4.74 Å². The molecule has 14 nitrogen and oxygen atoms in total. The SMILES string of the molecule is CCN1CCN(CC)C(CCO)(Oc2c([N+](=O)[O-])cc([N+](=O)[O-])cc2[N+](=O)[O-])C1=O. The number of carbonyl (C=O) groups is 1. The molecule has 1 amide bonds. The minimum Gasteiger partial charge on any atom is -0.450 e. The van der Waals surface area contributed by atoms with Gasteiger partial charge < -0.3 is 14.7 Å². The van der Waals surface area contributed by atoms with Crippen molar-refractivity contribution in [3.8, 4) is 5.75 Å². The number of carbonyl (C=O) groups excluding carboxylic acids is 1. The Bertz CT molecular complexity index is 842. The third-order valence-corrected chi connectivity index (χ3v) is 4.90. The second-order valence-corrected chi connectivity index (χ2v) is 6.41. The van der Waals surface area contributed by atoms with Crippen molar-refractivity contribution in [2.24, 2.45) is 0 Å². The molecule has 1 heterocycles. The maximum Gasteiger partial charge on any atom is 0.325 e. The Labute approximate surface area is 170 Å². The van der Waals surface area contributed by atoms with Crippen molar-refractivity contribution in [1.82, 2.24) is 9.80 Å². The van der Waals surface area contributed by atoms with Crippen molar-refractivity contribution in [1.29, 1.82) is 0 Å². The van der Waals surface area contributed by atoms with Gasteiger partial charge in [0.2, 0.25) is 5.72 Å². The summed E-state index contributed by atoms with van der Waals surface area (Å²) in [6.45, 7) is 4.03. The number of hydrogen-bond acceptors (Lipinski definition) is 10. The van der Waals surface area contributed by atoms with Gasteiger partial charge in [-0.05, 0) is 13.5 Å². The van der Waals surface area contributed by atoms with E-state index in [1.807, 2.05) is 0 Å². The van der Waals surface area contributed by atoms with Gasteiger partial charge in [-0.1, -0.05) is 6.92 Å². The Morgan fingerprint density at radius 2 is 1.60 bits per heavy atom. The summed E-state index contributed by atoms with van der Waals surface area (Å²) >= 11 is 0. The molecule has 0 aliphatic carbocycles. The highest BCUT2D eigenvalue weighted by molar-refractivity contribution is 5.86. The van der Waals surface area contributed by atoms with E-state index in [0.29, 0.717) is 25.2 Å². The molecule has 1 aromatic carbocycles. The molecule has 1 N–H and O–H groups in total. The van der Waals surface area contributed by atoms with Crippen LogP contribution in [-0.2, 0) is 4.79 Å². The number of nitro benzene ring substituents is 3. The van der Waals surface area contributed by atoms with Gasteiger partial charge in [-0.2, -0.15) is 0 Å². The lowest BCUT2D eigenvalue weighted by Crippen LogP contribution is -2.69. The fourth-order valence-electron chi connectivity index (χ4n) is 3.43. The van der Waals surface area contributed by atoms with Crippen molar-refractivity contribution in [2.45, 2.75) is 26.0 Å². The molecular formula is C16H21N5O9. The van der Waals surface area contributed by atoms with Crippen molar-refractivity contribution in [3.05, 3.63) is 42.5 Å². The van der Waals surface area contributed by atoms with Crippen LogP contribution in [0.3, 0.4) is 0 Å².